The molecular formula is C16H17ClO2. The lowest BCUT2D eigenvalue weighted by Crippen LogP contribution is -2.01. The van der Waals surface area contributed by atoms with E-state index in [0.717, 1.165) is 23.5 Å². The number of ether oxygens (including phenoxy) is 2. The summed E-state index contributed by atoms with van der Waals surface area (Å²) in [6.45, 7) is 0.651. The Bertz CT molecular complexity index is 508. The number of hydrogen-bond acceptors (Lipinski definition) is 2. The second kappa shape index (κ2) is 7.05. The van der Waals surface area contributed by atoms with Crippen molar-refractivity contribution in [3.63, 3.8) is 0 Å². The van der Waals surface area contributed by atoms with Gasteiger partial charge < -0.3 is 9.47 Å². The third-order valence-corrected chi connectivity index (χ3v) is 3.18. The fraction of sp³-hybridized carbons (Fsp3) is 0.250. The topological polar surface area (TPSA) is 18.5 Å². The fourth-order valence-corrected chi connectivity index (χ4v) is 1.96. The van der Waals surface area contributed by atoms with Crippen molar-refractivity contribution in [1.29, 1.82) is 0 Å². The Morgan fingerprint density at radius 3 is 2.42 bits per heavy atom. The maximum Gasteiger partial charge on any atom is 0.119 e. The van der Waals surface area contributed by atoms with E-state index in [9.17, 15) is 0 Å². The van der Waals surface area contributed by atoms with Crippen molar-refractivity contribution in [2.75, 3.05) is 13.7 Å². The molecule has 0 unspecified atom stereocenters. The summed E-state index contributed by atoms with van der Waals surface area (Å²) in [5.41, 5.74) is 2.30. The molecule has 0 amide bonds. The molecule has 2 nitrogen and oxygen atoms in total. The molecule has 0 saturated carbocycles. The van der Waals surface area contributed by atoms with Gasteiger partial charge in [0.25, 0.3) is 0 Å². The molecule has 0 radical (unpaired) electrons. The molecular weight excluding hydrogens is 260 g/mol. The van der Waals surface area contributed by atoms with E-state index in [0.29, 0.717) is 12.5 Å². The first-order valence-electron chi connectivity index (χ1n) is 6.22. The van der Waals surface area contributed by atoms with Crippen molar-refractivity contribution < 1.29 is 9.47 Å². The molecule has 0 spiro atoms. The van der Waals surface area contributed by atoms with Crippen molar-refractivity contribution in [2.45, 2.75) is 12.3 Å². The highest BCUT2D eigenvalue weighted by molar-refractivity contribution is 6.17. The monoisotopic (exact) mass is 276 g/mol. The molecule has 2 aromatic carbocycles. The molecule has 0 aromatic heterocycles. The Morgan fingerprint density at radius 2 is 1.74 bits per heavy atom. The van der Waals surface area contributed by atoms with Crippen molar-refractivity contribution in [2.24, 2.45) is 0 Å². The van der Waals surface area contributed by atoms with Crippen LogP contribution in [0, 0.1) is 0 Å². The molecule has 100 valence electrons. The van der Waals surface area contributed by atoms with Crippen molar-refractivity contribution in [3.8, 4) is 11.5 Å². The first kappa shape index (κ1) is 13.8. The van der Waals surface area contributed by atoms with Crippen LogP contribution in [0.25, 0.3) is 0 Å². The largest absolute Gasteiger partial charge is 0.497 e. The standard InChI is InChI=1S/C16H17ClO2/c1-18-15-7-5-13(6-8-15)9-10-19-16-4-2-3-14(11-16)12-17/h2-8,11H,9-10,12H2,1H3. The number of benzene rings is 2. The number of halogens is 1. The van der Waals surface area contributed by atoms with Gasteiger partial charge in [0.1, 0.15) is 11.5 Å². The number of rotatable bonds is 6. The van der Waals surface area contributed by atoms with E-state index in [1.165, 1.54) is 5.56 Å². The minimum Gasteiger partial charge on any atom is -0.497 e. The van der Waals surface area contributed by atoms with Gasteiger partial charge in [-0.2, -0.15) is 0 Å². The Labute approximate surface area is 118 Å². The second-order valence-corrected chi connectivity index (χ2v) is 4.49. The molecule has 0 aliphatic heterocycles. The summed E-state index contributed by atoms with van der Waals surface area (Å²) in [4.78, 5) is 0. The first-order chi connectivity index (χ1) is 9.31. The SMILES string of the molecule is COc1ccc(CCOc2cccc(CCl)c2)cc1. The maximum absolute atomic E-state index is 5.79. The van der Waals surface area contributed by atoms with Gasteiger partial charge in [-0.1, -0.05) is 24.3 Å². The Balaban J connectivity index is 1.85. The molecule has 0 bridgehead atoms. The lowest BCUT2D eigenvalue weighted by Gasteiger charge is -2.07. The number of alkyl halides is 1. The predicted molar refractivity (Wildman–Crippen MR) is 78.2 cm³/mol. The quantitative estimate of drug-likeness (QED) is 0.741. The van der Waals surface area contributed by atoms with Gasteiger partial charge in [-0.15, -0.1) is 11.6 Å². The van der Waals surface area contributed by atoms with Gasteiger partial charge in [0.15, 0.2) is 0 Å². The average molecular weight is 277 g/mol. The summed E-state index contributed by atoms with van der Waals surface area (Å²) in [6.07, 6.45) is 0.870. The van der Waals surface area contributed by atoms with E-state index in [-0.39, 0.29) is 0 Å². The van der Waals surface area contributed by atoms with Crippen molar-refractivity contribution in [3.05, 3.63) is 59.7 Å². The van der Waals surface area contributed by atoms with E-state index in [1.807, 2.05) is 36.4 Å². The van der Waals surface area contributed by atoms with Crippen molar-refractivity contribution >= 4 is 11.6 Å². The highest BCUT2D eigenvalue weighted by Gasteiger charge is 1.98. The van der Waals surface area contributed by atoms with Gasteiger partial charge in [-0.3, -0.25) is 0 Å². The average Bonchev–Trinajstić information content (AvgIpc) is 2.48. The summed E-state index contributed by atoms with van der Waals surface area (Å²) in [6, 6.07) is 15.9. The van der Waals surface area contributed by atoms with Crippen LogP contribution in [0.3, 0.4) is 0 Å². The van der Waals surface area contributed by atoms with Gasteiger partial charge in [0.05, 0.1) is 13.7 Å². The summed E-state index contributed by atoms with van der Waals surface area (Å²) in [5.74, 6) is 2.25. The van der Waals surface area contributed by atoms with Gasteiger partial charge in [0.2, 0.25) is 0 Å². The van der Waals surface area contributed by atoms with Crippen LogP contribution in [-0.2, 0) is 12.3 Å². The van der Waals surface area contributed by atoms with E-state index in [4.69, 9.17) is 21.1 Å². The molecule has 0 heterocycles. The van der Waals surface area contributed by atoms with Crippen LogP contribution in [0.1, 0.15) is 11.1 Å². The van der Waals surface area contributed by atoms with Crippen LogP contribution in [0.2, 0.25) is 0 Å². The molecule has 0 aliphatic carbocycles. The first-order valence-corrected chi connectivity index (χ1v) is 6.76. The lowest BCUT2D eigenvalue weighted by atomic mass is 10.1. The zero-order valence-electron chi connectivity index (χ0n) is 10.9. The van der Waals surface area contributed by atoms with Crippen molar-refractivity contribution in [1.82, 2.24) is 0 Å². The smallest absolute Gasteiger partial charge is 0.119 e. The molecule has 0 N–H and O–H groups in total. The van der Waals surface area contributed by atoms with Crippen LogP contribution in [0.5, 0.6) is 11.5 Å². The number of methoxy groups -OCH3 is 1. The summed E-state index contributed by atoms with van der Waals surface area (Å²) >= 11 is 5.79. The summed E-state index contributed by atoms with van der Waals surface area (Å²) in [5, 5.41) is 0. The van der Waals surface area contributed by atoms with Gasteiger partial charge in [0, 0.05) is 12.3 Å². The molecule has 2 rings (SSSR count). The molecule has 19 heavy (non-hydrogen) atoms. The van der Waals surface area contributed by atoms with Crippen LogP contribution in [-0.4, -0.2) is 13.7 Å². The van der Waals surface area contributed by atoms with Crippen LogP contribution < -0.4 is 9.47 Å². The van der Waals surface area contributed by atoms with E-state index >= 15 is 0 Å². The predicted octanol–water partition coefficient (Wildman–Crippen LogP) is 4.06. The van der Waals surface area contributed by atoms with Crippen LogP contribution in [0.4, 0.5) is 0 Å². The van der Waals surface area contributed by atoms with Gasteiger partial charge in [-0.25, -0.2) is 0 Å². The number of hydrogen-bond donors (Lipinski definition) is 0. The van der Waals surface area contributed by atoms with Crippen LogP contribution >= 0.6 is 11.6 Å². The lowest BCUT2D eigenvalue weighted by molar-refractivity contribution is 0.321. The van der Waals surface area contributed by atoms with Crippen LogP contribution in [0.15, 0.2) is 48.5 Å². The molecule has 0 atom stereocenters. The minimum absolute atomic E-state index is 0.510. The highest BCUT2D eigenvalue weighted by atomic mass is 35.5. The third-order valence-electron chi connectivity index (χ3n) is 2.87. The van der Waals surface area contributed by atoms with Gasteiger partial charge >= 0.3 is 0 Å². The Kier molecular flexibility index (Phi) is 5.10. The molecule has 0 saturated heterocycles. The molecule has 0 fully saturated rings. The minimum atomic E-state index is 0.510. The molecule has 0 aliphatic rings. The summed E-state index contributed by atoms with van der Waals surface area (Å²) in [7, 11) is 1.67. The molecule has 3 heteroatoms. The normalized spacial score (nSPS) is 10.2. The van der Waals surface area contributed by atoms with Gasteiger partial charge in [-0.05, 0) is 35.4 Å². The fourth-order valence-electron chi connectivity index (χ4n) is 1.80. The Hall–Kier alpha value is -1.67. The zero-order chi connectivity index (χ0) is 13.5. The van der Waals surface area contributed by atoms with E-state index in [1.54, 1.807) is 7.11 Å². The highest BCUT2D eigenvalue weighted by Crippen LogP contribution is 2.16. The second-order valence-electron chi connectivity index (χ2n) is 4.23. The maximum atomic E-state index is 5.79. The molecule has 2 aromatic rings. The van der Waals surface area contributed by atoms with E-state index in [2.05, 4.69) is 12.1 Å². The summed E-state index contributed by atoms with van der Waals surface area (Å²) < 4.78 is 10.8. The Morgan fingerprint density at radius 1 is 0.947 bits per heavy atom. The zero-order valence-corrected chi connectivity index (χ0v) is 11.7. The third kappa shape index (κ3) is 4.18. The van der Waals surface area contributed by atoms with E-state index < -0.39 is 0 Å².